The van der Waals surface area contributed by atoms with Gasteiger partial charge in [0.1, 0.15) is 5.82 Å². The molecule has 2 rings (SSSR count). The van der Waals surface area contributed by atoms with Crippen LogP contribution in [-0.2, 0) is 6.54 Å². The minimum absolute atomic E-state index is 0.385. The van der Waals surface area contributed by atoms with Crippen LogP contribution in [0.15, 0.2) is 48.7 Å². The zero-order valence-electron chi connectivity index (χ0n) is 9.24. The Morgan fingerprint density at radius 2 is 1.82 bits per heavy atom. The second-order valence-corrected chi connectivity index (χ2v) is 3.69. The molecule has 0 fully saturated rings. The first-order chi connectivity index (χ1) is 8.25. The summed E-state index contributed by atoms with van der Waals surface area (Å²) in [6, 6.07) is 13.3. The Balaban J connectivity index is 1.96. The van der Waals surface area contributed by atoms with Crippen molar-refractivity contribution in [1.82, 2.24) is 4.98 Å². The molecule has 86 valence electrons. The van der Waals surface area contributed by atoms with E-state index in [9.17, 15) is 0 Å². The molecule has 4 nitrogen and oxygen atoms in total. The Morgan fingerprint density at radius 3 is 2.41 bits per heavy atom. The number of benzene rings is 1. The predicted molar refractivity (Wildman–Crippen MR) is 67.8 cm³/mol. The van der Waals surface area contributed by atoms with Crippen LogP contribution in [0.25, 0.3) is 0 Å². The Morgan fingerprint density at radius 1 is 1.06 bits per heavy atom. The molecule has 3 N–H and O–H groups in total. The molecule has 0 atom stereocenters. The SMILES string of the molecule is OB(O)c1ccc(NCc2ccccc2)nc1. The smallest absolute Gasteiger partial charge is 0.423 e. The van der Waals surface area contributed by atoms with Crippen molar-refractivity contribution in [2.45, 2.75) is 6.54 Å². The zero-order valence-corrected chi connectivity index (χ0v) is 9.24. The molecule has 2 aromatic rings. The van der Waals surface area contributed by atoms with Crippen LogP contribution in [0.4, 0.5) is 5.82 Å². The highest BCUT2D eigenvalue weighted by Crippen LogP contribution is 2.04. The van der Waals surface area contributed by atoms with E-state index in [1.54, 1.807) is 12.1 Å². The van der Waals surface area contributed by atoms with E-state index in [-0.39, 0.29) is 0 Å². The average molecular weight is 228 g/mol. The van der Waals surface area contributed by atoms with E-state index in [2.05, 4.69) is 10.3 Å². The highest BCUT2D eigenvalue weighted by molar-refractivity contribution is 6.58. The third kappa shape index (κ3) is 3.30. The van der Waals surface area contributed by atoms with Crippen molar-refractivity contribution in [2.75, 3.05) is 5.32 Å². The minimum Gasteiger partial charge on any atom is -0.423 e. The van der Waals surface area contributed by atoms with Gasteiger partial charge in [0.15, 0.2) is 0 Å². The van der Waals surface area contributed by atoms with E-state index >= 15 is 0 Å². The number of rotatable bonds is 4. The van der Waals surface area contributed by atoms with Gasteiger partial charge in [-0.2, -0.15) is 0 Å². The third-order valence-electron chi connectivity index (χ3n) is 2.40. The summed E-state index contributed by atoms with van der Waals surface area (Å²) < 4.78 is 0. The van der Waals surface area contributed by atoms with Crippen LogP contribution in [0, 0.1) is 0 Å². The van der Waals surface area contributed by atoms with Gasteiger partial charge >= 0.3 is 7.12 Å². The molecule has 0 amide bonds. The molecule has 5 heteroatoms. The quantitative estimate of drug-likeness (QED) is 0.661. The largest absolute Gasteiger partial charge is 0.490 e. The highest BCUT2D eigenvalue weighted by Gasteiger charge is 2.10. The van der Waals surface area contributed by atoms with E-state index in [0.717, 1.165) is 0 Å². The number of nitrogens with zero attached hydrogens (tertiary/aromatic N) is 1. The lowest BCUT2D eigenvalue weighted by Gasteiger charge is -2.06. The van der Waals surface area contributed by atoms with Gasteiger partial charge in [0, 0.05) is 18.2 Å². The summed E-state index contributed by atoms with van der Waals surface area (Å²) in [5, 5.41) is 21.0. The first kappa shape index (κ1) is 11.6. The van der Waals surface area contributed by atoms with Crippen LogP contribution in [0.5, 0.6) is 0 Å². The molecule has 1 aromatic carbocycles. The third-order valence-corrected chi connectivity index (χ3v) is 2.40. The maximum atomic E-state index is 8.92. The first-order valence-corrected chi connectivity index (χ1v) is 5.35. The summed E-state index contributed by atoms with van der Waals surface area (Å²) >= 11 is 0. The van der Waals surface area contributed by atoms with Crippen molar-refractivity contribution in [1.29, 1.82) is 0 Å². The molecule has 17 heavy (non-hydrogen) atoms. The number of hydrogen-bond donors (Lipinski definition) is 3. The average Bonchev–Trinajstić information content (AvgIpc) is 2.38. The lowest BCUT2D eigenvalue weighted by Crippen LogP contribution is -2.30. The van der Waals surface area contributed by atoms with E-state index in [1.165, 1.54) is 11.8 Å². The van der Waals surface area contributed by atoms with Gasteiger partial charge in [0.25, 0.3) is 0 Å². The minimum atomic E-state index is -1.47. The van der Waals surface area contributed by atoms with E-state index in [4.69, 9.17) is 10.0 Å². The van der Waals surface area contributed by atoms with Crippen LogP contribution >= 0.6 is 0 Å². The Labute approximate surface area is 100 Å². The van der Waals surface area contributed by atoms with E-state index in [1.807, 2.05) is 30.3 Å². The highest BCUT2D eigenvalue weighted by atomic mass is 16.4. The molecule has 0 bridgehead atoms. The molecule has 0 spiro atoms. The fraction of sp³-hybridized carbons (Fsp3) is 0.0833. The van der Waals surface area contributed by atoms with Crippen LogP contribution in [0.2, 0.25) is 0 Å². The summed E-state index contributed by atoms with van der Waals surface area (Å²) in [5.41, 5.74) is 1.55. The van der Waals surface area contributed by atoms with Gasteiger partial charge in [-0.15, -0.1) is 0 Å². The summed E-state index contributed by atoms with van der Waals surface area (Å²) in [4.78, 5) is 4.08. The maximum Gasteiger partial charge on any atom is 0.490 e. The summed E-state index contributed by atoms with van der Waals surface area (Å²) in [7, 11) is -1.47. The van der Waals surface area contributed by atoms with Crippen LogP contribution < -0.4 is 10.8 Å². The standard InChI is InChI=1S/C12H13BN2O2/c16-13(17)11-6-7-12(15-9-11)14-8-10-4-2-1-3-5-10/h1-7,9,16-17H,8H2,(H,14,15). The van der Waals surface area contributed by atoms with Crippen LogP contribution in [0.1, 0.15) is 5.56 Å². The van der Waals surface area contributed by atoms with Crippen molar-refractivity contribution in [2.24, 2.45) is 0 Å². The van der Waals surface area contributed by atoms with Crippen LogP contribution in [-0.4, -0.2) is 22.2 Å². The topological polar surface area (TPSA) is 65.4 Å². The van der Waals surface area contributed by atoms with Gasteiger partial charge in [0.2, 0.25) is 0 Å². The predicted octanol–water partition coefficient (Wildman–Crippen LogP) is 0.373. The van der Waals surface area contributed by atoms with Crippen molar-refractivity contribution in [3.05, 3.63) is 54.2 Å². The van der Waals surface area contributed by atoms with Crippen molar-refractivity contribution < 1.29 is 10.0 Å². The van der Waals surface area contributed by atoms with Crippen LogP contribution in [0.3, 0.4) is 0 Å². The molecule has 0 aliphatic rings. The molecular formula is C12H13BN2O2. The van der Waals surface area contributed by atoms with Gasteiger partial charge < -0.3 is 15.4 Å². The molecule has 1 heterocycles. The fourth-order valence-electron chi connectivity index (χ4n) is 1.45. The van der Waals surface area contributed by atoms with Gasteiger partial charge in [-0.3, -0.25) is 0 Å². The Hall–Kier alpha value is -1.85. The Kier molecular flexibility index (Phi) is 3.75. The fourth-order valence-corrected chi connectivity index (χ4v) is 1.45. The second kappa shape index (κ2) is 5.47. The summed E-state index contributed by atoms with van der Waals surface area (Å²) in [5.74, 6) is 0.707. The van der Waals surface area contributed by atoms with Crippen molar-refractivity contribution in [3.8, 4) is 0 Å². The molecule has 0 saturated carbocycles. The first-order valence-electron chi connectivity index (χ1n) is 5.35. The zero-order chi connectivity index (χ0) is 12.1. The van der Waals surface area contributed by atoms with E-state index < -0.39 is 7.12 Å². The summed E-state index contributed by atoms with van der Waals surface area (Å²) in [6.07, 6.45) is 1.44. The number of nitrogens with one attached hydrogen (secondary N) is 1. The number of aromatic nitrogens is 1. The molecule has 0 saturated heterocycles. The Bertz CT molecular complexity index is 460. The molecule has 0 aliphatic heterocycles. The lowest BCUT2D eigenvalue weighted by molar-refractivity contribution is 0.425. The second-order valence-electron chi connectivity index (χ2n) is 3.69. The molecular weight excluding hydrogens is 215 g/mol. The molecule has 0 aliphatic carbocycles. The van der Waals surface area contributed by atoms with Crippen molar-refractivity contribution >= 4 is 18.4 Å². The van der Waals surface area contributed by atoms with Gasteiger partial charge in [-0.25, -0.2) is 4.98 Å². The van der Waals surface area contributed by atoms with Gasteiger partial charge in [-0.1, -0.05) is 36.4 Å². The summed E-state index contributed by atoms with van der Waals surface area (Å²) in [6.45, 7) is 0.689. The molecule has 1 aromatic heterocycles. The maximum absolute atomic E-state index is 8.92. The molecule has 0 radical (unpaired) electrons. The number of anilines is 1. The lowest BCUT2D eigenvalue weighted by atomic mass is 9.82. The van der Waals surface area contributed by atoms with Crippen molar-refractivity contribution in [3.63, 3.8) is 0 Å². The monoisotopic (exact) mass is 228 g/mol. The normalized spacial score (nSPS) is 10.0. The molecule has 0 unspecified atom stereocenters. The number of pyridine rings is 1. The number of hydrogen-bond acceptors (Lipinski definition) is 4. The van der Waals surface area contributed by atoms with E-state index in [0.29, 0.717) is 17.8 Å². The van der Waals surface area contributed by atoms with Gasteiger partial charge in [0.05, 0.1) is 0 Å². The van der Waals surface area contributed by atoms with Gasteiger partial charge in [-0.05, 0) is 11.6 Å².